The first-order valence-corrected chi connectivity index (χ1v) is 5.70. The van der Waals surface area contributed by atoms with Gasteiger partial charge in [-0.3, -0.25) is 4.79 Å². The molecule has 1 heterocycles. The van der Waals surface area contributed by atoms with Gasteiger partial charge in [-0.15, -0.1) is 0 Å². The van der Waals surface area contributed by atoms with Gasteiger partial charge in [-0.05, 0) is 19.8 Å². The summed E-state index contributed by atoms with van der Waals surface area (Å²) in [7, 11) is 0. The van der Waals surface area contributed by atoms with E-state index in [4.69, 9.17) is 10.00 Å². The van der Waals surface area contributed by atoms with Crippen molar-refractivity contribution in [2.24, 2.45) is 11.8 Å². The summed E-state index contributed by atoms with van der Waals surface area (Å²) in [6.45, 7) is 9.43. The number of hydrogen-bond acceptors (Lipinski definition) is 3. The number of carbonyl (C=O) groups is 1. The van der Waals surface area contributed by atoms with Gasteiger partial charge in [-0.1, -0.05) is 13.8 Å². The zero-order valence-corrected chi connectivity index (χ0v) is 10.5. The lowest BCUT2D eigenvalue weighted by molar-refractivity contribution is -0.149. The Bertz CT molecular complexity index is 305. The molecule has 1 unspecified atom stereocenters. The van der Waals surface area contributed by atoms with Crippen molar-refractivity contribution in [3.8, 4) is 6.07 Å². The van der Waals surface area contributed by atoms with Crippen molar-refractivity contribution in [3.63, 3.8) is 0 Å². The Labute approximate surface area is 97.2 Å². The second-order valence-electron chi connectivity index (χ2n) is 5.22. The molecule has 4 heteroatoms. The summed E-state index contributed by atoms with van der Waals surface area (Å²) in [4.78, 5) is 13.9. The van der Waals surface area contributed by atoms with Crippen LogP contribution in [0.15, 0.2) is 0 Å². The van der Waals surface area contributed by atoms with Crippen molar-refractivity contribution in [2.75, 3.05) is 19.7 Å². The quantitative estimate of drug-likeness (QED) is 0.712. The van der Waals surface area contributed by atoms with Gasteiger partial charge in [0.15, 0.2) is 0 Å². The van der Waals surface area contributed by atoms with E-state index >= 15 is 0 Å². The van der Waals surface area contributed by atoms with Crippen LogP contribution in [0, 0.1) is 23.2 Å². The molecule has 0 aliphatic carbocycles. The highest BCUT2D eigenvalue weighted by Gasteiger charge is 2.34. The standard InChI is InChI=1S/C12H20N2O2/c1-9(2)10(7-13)11(15)14-5-6-16-12(3,4)8-14/h9-10H,5-6,8H2,1-4H3. The van der Waals surface area contributed by atoms with Gasteiger partial charge in [0.25, 0.3) is 0 Å². The van der Waals surface area contributed by atoms with Gasteiger partial charge in [0.2, 0.25) is 5.91 Å². The first kappa shape index (κ1) is 13.0. The molecule has 0 bridgehead atoms. The van der Waals surface area contributed by atoms with Gasteiger partial charge in [-0.2, -0.15) is 5.26 Å². The molecule has 0 saturated carbocycles. The average molecular weight is 224 g/mol. The van der Waals surface area contributed by atoms with Crippen LogP contribution in [0.1, 0.15) is 27.7 Å². The molecule has 1 aliphatic heterocycles. The number of carbonyl (C=O) groups excluding carboxylic acids is 1. The highest BCUT2D eigenvalue weighted by Crippen LogP contribution is 2.20. The van der Waals surface area contributed by atoms with E-state index < -0.39 is 5.92 Å². The van der Waals surface area contributed by atoms with Crippen LogP contribution in [0.5, 0.6) is 0 Å². The summed E-state index contributed by atoms with van der Waals surface area (Å²) in [6.07, 6.45) is 0. The Hall–Kier alpha value is -1.08. The summed E-state index contributed by atoms with van der Waals surface area (Å²) in [5, 5.41) is 9.00. The van der Waals surface area contributed by atoms with Crippen LogP contribution in [0.4, 0.5) is 0 Å². The summed E-state index contributed by atoms with van der Waals surface area (Å²) in [5.41, 5.74) is -0.301. The number of nitrogens with zero attached hydrogens (tertiary/aromatic N) is 2. The highest BCUT2D eigenvalue weighted by molar-refractivity contribution is 5.81. The lowest BCUT2D eigenvalue weighted by Crippen LogP contribution is -2.52. The maximum absolute atomic E-state index is 12.1. The van der Waals surface area contributed by atoms with Crippen LogP contribution in [-0.4, -0.2) is 36.1 Å². The SMILES string of the molecule is CC(C)C(C#N)C(=O)N1CCOC(C)(C)C1. The monoisotopic (exact) mass is 224 g/mol. The predicted octanol–water partition coefficient (Wildman–Crippen LogP) is 1.42. The van der Waals surface area contributed by atoms with E-state index in [2.05, 4.69) is 6.07 Å². The number of nitriles is 1. The zero-order valence-electron chi connectivity index (χ0n) is 10.5. The Kier molecular flexibility index (Phi) is 3.93. The van der Waals surface area contributed by atoms with Crippen LogP contribution >= 0.6 is 0 Å². The molecular formula is C12H20N2O2. The first-order valence-electron chi connectivity index (χ1n) is 5.70. The molecule has 1 saturated heterocycles. The molecule has 0 spiro atoms. The van der Waals surface area contributed by atoms with Gasteiger partial charge in [0, 0.05) is 13.1 Å². The van der Waals surface area contributed by atoms with Crippen molar-refractivity contribution < 1.29 is 9.53 Å². The molecule has 1 aliphatic rings. The topological polar surface area (TPSA) is 53.3 Å². The third kappa shape index (κ3) is 2.96. The van der Waals surface area contributed by atoms with Crippen LogP contribution in [0.25, 0.3) is 0 Å². The Balaban J connectivity index is 2.71. The zero-order chi connectivity index (χ0) is 12.3. The van der Waals surface area contributed by atoms with E-state index in [-0.39, 0.29) is 17.4 Å². The Morgan fingerprint density at radius 1 is 1.50 bits per heavy atom. The molecule has 1 atom stereocenters. The van der Waals surface area contributed by atoms with E-state index in [0.29, 0.717) is 19.7 Å². The van der Waals surface area contributed by atoms with Crippen molar-refractivity contribution in [1.82, 2.24) is 4.90 Å². The summed E-state index contributed by atoms with van der Waals surface area (Å²) in [5.74, 6) is -0.536. The van der Waals surface area contributed by atoms with Crippen LogP contribution < -0.4 is 0 Å². The minimum atomic E-state index is -0.533. The normalized spacial score (nSPS) is 21.6. The third-order valence-corrected chi connectivity index (χ3v) is 2.81. The van der Waals surface area contributed by atoms with Crippen molar-refractivity contribution >= 4 is 5.91 Å². The molecule has 0 radical (unpaired) electrons. The van der Waals surface area contributed by atoms with Gasteiger partial charge in [-0.25, -0.2) is 0 Å². The molecule has 1 amide bonds. The number of morpholine rings is 1. The van der Waals surface area contributed by atoms with E-state index in [9.17, 15) is 4.79 Å². The smallest absolute Gasteiger partial charge is 0.240 e. The van der Waals surface area contributed by atoms with E-state index in [1.165, 1.54) is 0 Å². The van der Waals surface area contributed by atoms with Crippen LogP contribution in [-0.2, 0) is 9.53 Å². The van der Waals surface area contributed by atoms with Crippen molar-refractivity contribution in [1.29, 1.82) is 5.26 Å². The fourth-order valence-corrected chi connectivity index (χ4v) is 1.89. The lowest BCUT2D eigenvalue weighted by atomic mass is 9.95. The molecule has 90 valence electrons. The molecule has 16 heavy (non-hydrogen) atoms. The van der Waals surface area contributed by atoms with Crippen LogP contribution in [0.2, 0.25) is 0 Å². The maximum atomic E-state index is 12.1. The van der Waals surface area contributed by atoms with Gasteiger partial charge in [0.05, 0.1) is 18.3 Å². The molecule has 1 fully saturated rings. The number of rotatable bonds is 2. The molecule has 0 N–H and O–H groups in total. The molecular weight excluding hydrogens is 204 g/mol. The van der Waals surface area contributed by atoms with Gasteiger partial charge in [0.1, 0.15) is 5.92 Å². The summed E-state index contributed by atoms with van der Waals surface area (Å²) < 4.78 is 5.54. The molecule has 0 aromatic heterocycles. The number of amides is 1. The Morgan fingerprint density at radius 2 is 2.12 bits per heavy atom. The summed E-state index contributed by atoms with van der Waals surface area (Å²) in [6, 6.07) is 2.09. The van der Waals surface area contributed by atoms with Crippen molar-refractivity contribution in [3.05, 3.63) is 0 Å². The molecule has 0 aromatic carbocycles. The maximum Gasteiger partial charge on any atom is 0.240 e. The van der Waals surface area contributed by atoms with E-state index in [1.807, 2.05) is 27.7 Å². The lowest BCUT2D eigenvalue weighted by Gasteiger charge is -2.39. The molecule has 1 rings (SSSR count). The second kappa shape index (κ2) is 4.84. The minimum Gasteiger partial charge on any atom is -0.372 e. The molecule has 4 nitrogen and oxygen atoms in total. The predicted molar refractivity (Wildman–Crippen MR) is 60.6 cm³/mol. The van der Waals surface area contributed by atoms with Gasteiger partial charge >= 0.3 is 0 Å². The minimum absolute atomic E-state index is 0.0588. The fourth-order valence-electron chi connectivity index (χ4n) is 1.89. The number of ether oxygens (including phenoxy) is 1. The largest absolute Gasteiger partial charge is 0.372 e. The van der Waals surface area contributed by atoms with Crippen molar-refractivity contribution in [2.45, 2.75) is 33.3 Å². The van der Waals surface area contributed by atoms with E-state index in [0.717, 1.165) is 0 Å². The second-order valence-corrected chi connectivity index (χ2v) is 5.22. The number of hydrogen-bond donors (Lipinski definition) is 0. The van der Waals surface area contributed by atoms with E-state index in [1.54, 1.807) is 4.90 Å². The highest BCUT2D eigenvalue weighted by atomic mass is 16.5. The fraction of sp³-hybridized carbons (Fsp3) is 0.833. The summed E-state index contributed by atoms with van der Waals surface area (Å²) >= 11 is 0. The third-order valence-electron chi connectivity index (χ3n) is 2.81. The Morgan fingerprint density at radius 3 is 2.56 bits per heavy atom. The molecule has 0 aromatic rings. The van der Waals surface area contributed by atoms with Gasteiger partial charge < -0.3 is 9.64 Å². The van der Waals surface area contributed by atoms with Crippen LogP contribution in [0.3, 0.4) is 0 Å². The first-order chi connectivity index (χ1) is 7.37. The average Bonchev–Trinajstić information content (AvgIpc) is 2.16.